The number of hydrogen-bond acceptors (Lipinski definition) is 3. The predicted octanol–water partition coefficient (Wildman–Crippen LogP) is 2.49. The van der Waals surface area contributed by atoms with Gasteiger partial charge in [0.2, 0.25) is 0 Å². The highest BCUT2D eigenvalue weighted by atomic mass is 35.5. The molecule has 9 heteroatoms. The van der Waals surface area contributed by atoms with Crippen LogP contribution in [0, 0.1) is 5.82 Å². The molecule has 0 aliphatic rings. The zero-order valence-corrected chi connectivity index (χ0v) is 9.35. The van der Waals surface area contributed by atoms with Gasteiger partial charge in [0.1, 0.15) is 5.82 Å². The molecule has 0 atom stereocenters. The third-order valence-corrected chi connectivity index (χ3v) is 2.01. The van der Waals surface area contributed by atoms with E-state index in [1.54, 1.807) is 0 Å². The maximum atomic E-state index is 13.3. The third-order valence-electron chi connectivity index (χ3n) is 1.76. The largest absolute Gasteiger partial charge is 0.573 e. The van der Waals surface area contributed by atoms with E-state index in [9.17, 15) is 22.4 Å². The van der Waals surface area contributed by atoms with E-state index in [0.29, 0.717) is 6.07 Å². The van der Waals surface area contributed by atoms with Gasteiger partial charge in [0, 0.05) is 6.07 Å². The Hall–Kier alpha value is -1.57. The minimum absolute atomic E-state index is 0.383. The summed E-state index contributed by atoms with van der Waals surface area (Å²) in [5, 5.41) is 8.46. The van der Waals surface area contributed by atoms with E-state index >= 15 is 0 Å². The number of carboxylic acid groups (broad SMARTS) is 1. The van der Waals surface area contributed by atoms with Gasteiger partial charge in [0.15, 0.2) is 5.75 Å². The first-order chi connectivity index (χ1) is 8.23. The maximum Gasteiger partial charge on any atom is 0.573 e. The number of carboxylic acids is 1. The van der Waals surface area contributed by atoms with E-state index in [0.717, 1.165) is 0 Å². The maximum absolute atomic E-state index is 13.3. The average Bonchev–Trinajstić information content (AvgIpc) is 2.19. The molecule has 1 aromatic rings. The number of carbonyl (C=O) groups is 1. The molecule has 0 saturated carbocycles. The van der Waals surface area contributed by atoms with Crippen LogP contribution in [-0.4, -0.2) is 22.4 Å². The number of rotatable bonds is 4. The topological polar surface area (TPSA) is 59.4 Å². The SMILES string of the molecule is O=C(O)Cc1nc(CCl)c(OC(F)(F)F)cc1F. The molecule has 0 aromatic carbocycles. The fraction of sp³-hybridized carbons (Fsp3) is 0.333. The lowest BCUT2D eigenvalue weighted by molar-refractivity contribution is -0.275. The van der Waals surface area contributed by atoms with Gasteiger partial charge in [-0.05, 0) is 0 Å². The summed E-state index contributed by atoms with van der Waals surface area (Å²) in [4.78, 5) is 13.8. The van der Waals surface area contributed by atoms with Crippen LogP contribution in [-0.2, 0) is 17.1 Å². The van der Waals surface area contributed by atoms with Gasteiger partial charge in [0.25, 0.3) is 0 Å². The van der Waals surface area contributed by atoms with Gasteiger partial charge in [-0.2, -0.15) is 0 Å². The number of hydrogen-bond donors (Lipinski definition) is 1. The van der Waals surface area contributed by atoms with Crippen molar-refractivity contribution in [1.82, 2.24) is 4.98 Å². The summed E-state index contributed by atoms with van der Waals surface area (Å²) in [6, 6.07) is 0.413. The van der Waals surface area contributed by atoms with Crippen LogP contribution in [0.15, 0.2) is 6.07 Å². The smallest absolute Gasteiger partial charge is 0.481 e. The van der Waals surface area contributed by atoms with Crippen molar-refractivity contribution in [2.45, 2.75) is 18.7 Å². The standard InChI is InChI=1S/C9H6ClF4NO3/c10-3-6-7(18-9(12,13)14)1-4(11)5(15-6)2-8(16)17/h1H,2-3H2,(H,16,17). The van der Waals surface area contributed by atoms with E-state index in [2.05, 4.69) is 9.72 Å². The molecular weight excluding hydrogens is 282 g/mol. The molecule has 0 fully saturated rings. The minimum Gasteiger partial charge on any atom is -0.481 e. The van der Waals surface area contributed by atoms with Gasteiger partial charge in [-0.15, -0.1) is 24.8 Å². The van der Waals surface area contributed by atoms with Crippen molar-refractivity contribution in [2.24, 2.45) is 0 Å². The van der Waals surface area contributed by atoms with Crippen LogP contribution in [0.25, 0.3) is 0 Å². The Labute approximate surface area is 103 Å². The minimum atomic E-state index is -5.01. The average molecular weight is 288 g/mol. The quantitative estimate of drug-likeness (QED) is 0.683. The summed E-state index contributed by atoms with van der Waals surface area (Å²) in [5.41, 5.74) is -0.890. The molecule has 0 saturated heterocycles. The third kappa shape index (κ3) is 4.02. The number of aliphatic carboxylic acids is 1. The second-order valence-electron chi connectivity index (χ2n) is 3.11. The molecule has 0 radical (unpaired) electrons. The molecule has 0 aliphatic carbocycles. The van der Waals surface area contributed by atoms with Crippen molar-refractivity contribution in [1.29, 1.82) is 0 Å². The lowest BCUT2D eigenvalue weighted by atomic mass is 10.2. The fourth-order valence-corrected chi connectivity index (χ4v) is 1.32. The molecule has 1 N–H and O–H groups in total. The van der Waals surface area contributed by atoms with E-state index in [4.69, 9.17) is 16.7 Å². The Morgan fingerprint density at radius 1 is 1.44 bits per heavy atom. The van der Waals surface area contributed by atoms with E-state index in [1.165, 1.54) is 0 Å². The summed E-state index contributed by atoms with van der Waals surface area (Å²) in [6.45, 7) is 0. The second-order valence-corrected chi connectivity index (χ2v) is 3.38. The van der Waals surface area contributed by atoms with E-state index < -0.39 is 41.9 Å². The van der Waals surface area contributed by atoms with Gasteiger partial charge in [-0.1, -0.05) is 0 Å². The zero-order valence-electron chi connectivity index (χ0n) is 8.59. The molecule has 4 nitrogen and oxygen atoms in total. The lowest BCUT2D eigenvalue weighted by Gasteiger charge is -2.12. The molecule has 0 aliphatic heterocycles. The molecule has 1 aromatic heterocycles. The summed E-state index contributed by atoms with van der Waals surface area (Å²) in [6.07, 6.45) is -5.77. The molecule has 18 heavy (non-hydrogen) atoms. The highest BCUT2D eigenvalue weighted by Gasteiger charge is 2.33. The molecule has 0 amide bonds. The van der Waals surface area contributed by atoms with Crippen LogP contribution in [0.2, 0.25) is 0 Å². The first-order valence-corrected chi connectivity index (χ1v) is 4.98. The van der Waals surface area contributed by atoms with Crippen LogP contribution in [0.3, 0.4) is 0 Å². The van der Waals surface area contributed by atoms with Crippen molar-refractivity contribution < 1.29 is 32.2 Å². The monoisotopic (exact) mass is 287 g/mol. The Balaban J connectivity index is 3.14. The first-order valence-electron chi connectivity index (χ1n) is 4.44. The number of aromatic nitrogens is 1. The lowest BCUT2D eigenvalue weighted by Crippen LogP contribution is -2.19. The Morgan fingerprint density at radius 3 is 2.50 bits per heavy atom. The normalized spacial score (nSPS) is 11.4. The van der Waals surface area contributed by atoms with Crippen LogP contribution >= 0.6 is 11.6 Å². The second kappa shape index (κ2) is 5.38. The van der Waals surface area contributed by atoms with Gasteiger partial charge in [-0.25, -0.2) is 9.37 Å². The van der Waals surface area contributed by atoms with Crippen LogP contribution in [0.4, 0.5) is 17.6 Å². The number of ether oxygens (including phenoxy) is 1. The first kappa shape index (κ1) is 14.5. The van der Waals surface area contributed by atoms with Crippen LogP contribution < -0.4 is 4.74 Å². The van der Waals surface area contributed by atoms with Gasteiger partial charge in [0.05, 0.1) is 23.7 Å². The zero-order chi connectivity index (χ0) is 13.9. The Morgan fingerprint density at radius 2 is 2.06 bits per heavy atom. The molecule has 100 valence electrons. The summed E-state index contributed by atoms with van der Waals surface area (Å²) in [7, 11) is 0. The molecule has 0 bridgehead atoms. The van der Waals surface area contributed by atoms with Gasteiger partial charge >= 0.3 is 12.3 Å². The molecule has 0 spiro atoms. The van der Waals surface area contributed by atoms with Gasteiger partial charge < -0.3 is 9.84 Å². The van der Waals surface area contributed by atoms with Crippen LogP contribution in [0.1, 0.15) is 11.4 Å². The Kier molecular flexibility index (Phi) is 4.33. The van der Waals surface area contributed by atoms with E-state index in [-0.39, 0.29) is 5.69 Å². The fourth-order valence-electron chi connectivity index (χ4n) is 1.13. The van der Waals surface area contributed by atoms with Crippen LogP contribution in [0.5, 0.6) is 5.75 Å². The summed E-state index contributed by atoms with van der Waals surface area (Å²) < 4.78 is 52.8. The molecular formula is C9H6ClF4NO3. The van der Waals surface area contributed by atoms with Crippen molar-refractivity contribution >= 4 is 17.6 Å². The highest BCUT2D eigenvalue weighted by Crippen LogP contribution is 2.28. The number of nitrogens with zero attached hydrogens (tertiary/aromatic N) is 1. The van der Waals surface area contributed by atoms with Crippen molar-refractivity contribution in [2.75, 3.05) is 0 Å². The predicted molar refractivity (Wildman–Crippen MR) is 51.8 cm³/mol. The summed E-state index contributed by atoms with van der Waals surface area (Å²) >= 11 is 5.34. The molecule has 0 unspecified atom stereocenters. The van der Waals surface area contributed by atoms with Crippen molar-refractivity contribution in [3.63, 3.8) is 0 Å². The van der Waals surface area contributed by atoms with Gasteiger partial charge in [-0.3, -0.25) is 4.79 Å². The number of pyridine rings is 1. The molecule has 1 rings (SSSR count). The number of alkyl halides is 4. The van der Waals surface area contributed by atoms with Crippen molar-refractivity contribution in [3.05, 3.63) is 23.3 Å². The highest BCUT2D eigenvalue weighted by molar-refractivity contribution is 6.17. The summed E-state index contributed by atoms with van der Waals surface area (Å²) in [5.74, 6) is -3.93. The van der Waals surface area contributed by atoms with E-state index in [1.807, 2.05) is 0 Å². The Bertz CT molecular complexity index is 464. The van der Waals surface area contributed by atoms with Crippen molar-refractivity contribution in [3.8, 4) is 5.75 Å². The number of halogens is 5. The molecule has 1 heterocycles.